The number of hydrogen-bond acceptors (Lipinski definition) is 4. The number of fused-ring (bicyclic) bond motifs is 10. The summed E-state index contributed by atoms with van der Waals surface area (Å²) in [6, 6.07) is 58.6. The molecule has 0 radical (unpaired) electrons. The first kappa shape index (κ1) is 31.1. The van der Waals surface area contributed by atoms with Crippen molar-refractivity contribution in [2.24, 2.45) is 0 Å². The van der Waals surface area contributed by atoms with Crippen LogP contribution in [0.25, 0.3) is 98.1 Å². The Morgan fingerprint density at radius 3 is 1.94 bits per heavy atom. The van der Waals surface area contributed by atoms with Crippen LogP contribution in [-0.4, -0.2) is 15.0 Å². The quantitative estimate of drug-likeness (QED) is 0.171. The SMILES string of the molecule is CC1(C)c2ccccc2-c2cc(-c3cc(-c4ccccc4)nc(-c4ccc5nc(-c6ccccc6)c6ccc7sc8ccccc8c7c6c5c4)n3)ccc21. The van der Waals surface area contributed by atoms with E-state index in [0.717, 1.165) is 55.6 Å². The summed E-state index contributed by atoms with van der Waals surface area (Å²) < 4.78 is 2.55. The van der Waals surface area contributed by atoms with Crippen LogP contribution in [-0.2, 0) is 5.41 Å². The van der Waals surface area contributed by atoms with Crippen LogP contribution in [0.15, 0.2) is 164 Å². The van der Waals surface area contributed by atoms with Crippen LogP contribution in [0.1, 0.15) is 25.0 Å². The Bertz CT molecular complexity index is 3120. The Hall–Kier alpha value is -6.49. The highest BCUT2D eigenvalue weighted by Crippen LogP contribution is 2.50. The summed E-state index contributed by atoms with van der Waals surface area (Å²) in [5.74, 6) is 0.692. The van der Waals surface area contributed by atoms with Crippen molar-refractivity contribution >= 4 is 53.2 Å². The predicted octanol–water partition coefficient (Wildman–Crippen LogP) is 13.5. The largest absolute Gasteiger partial charge is 0.247 e. The van der Waals surface area contributed by atoms with Crippen molar-refractivity contribution < 1.29 is 0 Å². The molecule has 4 heteroatoms. The molecule has 0 atom stereocenters. The number of thiophene rings is 1. The smallest absolute Gasteiger partial charge is 0.160 e. The molecule has 3 heterocycles. The van der Waals surface area contributed by atoms with E-state index in [4.69, 9.17) is 15.0 Å². The molecule has 0 saturated heterocycles. The first-order valence-electron chi connectivity index (χ1n) is 18.4. The lowest BCUT2D eigenvalue weighted by Gasteiger charge is -2.21. The standard InChI is InChI=1S/C50H33N3S/c1-50(2)39-19-11-9-17-34(39)37-27-32(21-24-40(37)50)43-29-42(30-13-5-3-6-14-30)52-49(53-43)33-22-25-41-38(28-33)46-36(48(51-41)31-15-7-4-8-16-31)23-26-45-47(46)35-18-10-12-20-44(35)54-45/h3-29H,1-2H3. The van der Waals surface area contributed by atoms with Crippen LogP contribution in [0, 0.1) is 0 Å². The van der Waals surface area contributed by atoms with Crippen LogP contribution in [0.2, 0.25) is 0 Å². The molecule has 7 aromatic carbocycles. The molecule has 0 saturated carbocycles. The molecular weight excluding hydrogens is 675 g/mol. The molecular formula is C50H33N3S. The number of rotatable bonds is 4. The van der Waals surface area contributed by atoms with Crippen molar-refractivity contribution in [2.75, 3.05) is 0 Å². The van der Waals surface area contributed by atoms with E-state index < -0.39 is 0 Å². The lowest BCUT2D eigenvalue weighted by molar-refractivity contribution is 0.660. The highest BCUT2D eigenvalue weighted by Gasteiger charge is 2.35. The van der Waals surface area contributed by atoms with Crippen LogP contribution < -0.4 is 0 Å². The van der Waals surface area contributed by atoms with Gasteiger partial charge in [0.05, 0.1) is 22.6 Å². The summed E-state index contributed by atoms with van der Waals surface area (Å²) >= 11 is 1.85. The van der Waals surface area contributed by atoms with Crippen molar-refractivity contribution in [1.29, 1.82) is 0 Å². The van der Waals surface area contributed by atoms with Gasteiger partial charge < -0.3 is 0 Å². The highest BCUT2D eigenvalue weighted by atomic mass is 32.1. The molecule has 0 bridgehead atoms. The third kappa shape index (κ3) is 4.70. The van der Waals surface area contributed by atoms with Gasteiger partial charge in [0.2, 0.25) is 0 Å². The zero-order valence-electron chi connectivity index (χ0n) is 29.8. The van der Waals surface area contributed by atoms with Crippen molar-refractivity contribution in [3.8, 4) is 56.3 Å². The van der Waals surface area contributed by atoms with E-state index in [-0.39, 0.29) is 5.41 Å². The highest BCUT2D eigenvalue weighted by molar-refractivity contribution is 7.26. The maximum Gasteiger partial charge on any atom is 0.160 e. The van der Waals surface area contributed by atoms with Gasteiger partial charge in [0.1, 0.15) is 0 Å². The first-order valence-corrected chi connectivity index (χ1v) is 19.3. The normalized spacial score (nSPS) is 13.1. The van der Waals surface area contributed by atoms with Crippen molar-refractivity contribution in [3.05, 3.63) is 175 Å². The van der Waals surface area contributed by atoms with Gasteiger partial charge in [-0.1, -0.05) is 135 Å². The Labute approximate surface area is 317 Å². The average Bonchev–Trinajstić information content (AvgIpc) is 3.72. The molecule has 1 aliphatic rings. The number of hydrogen-bond donors (Lipinski definition) is 0. The number of benzene rings is 7. The van der Waals surface area contributed by atoms with Gasteiger partial charge in [0.25, 0.3) is 0 Å². The van der Waals surface area contributed by atoms with Gasteiger partial charge in [0.15, 0.2) is 5.82 Å². The first-order chi connectivity index (χ1) is 26.5. The van der Waals surface area contributed by atoms with E-state index >= 15 is 0 Å². The average molecular weight is 708 g/mol. The lowest BCUT2D eigenvalue weighted by atomic mass is 9.82. The van der Waals surface area contributed by atoms with E-state index in [1.54, 1.807) is 0 Å². The molecule has 1 aliphatic carbocycles. The topological polar surface area (TPSA) is 38.7 Å². The Morgan fingerprint density at radius 1 is 0.426 bits per heavy atom. The maximum atomic E-state index is 5.34. The summed E-state index contributed by atoms with van der Waals surface area (Å²) in [6.45, 7) is 4.64. The summed E-state index contributed by atoms with van der Waals surface area (Å²) in [7, 11) is 0. The van der Waals surface area contributed by atoms with Crippen molar-refractivity contribution in [2.45, 2.75) is 19.3 Å². The third-order valence-corrected chi connectivity index (χ3v) is 12.4. The van der Waals surface area contributed by atoms with E-state index in [1.807, 2.05) is 17.4 Å². The lowest BCUT2D eigenvalue weighted by Crippen LogP contribution is -2.14. The molecule has 3 nitrogen and oxygen atoms in total. The van der Waals surface area contributed by atoms with Gasteiger partial charge >= 0.3 is 0 Å². The Balaban J connectivity index is 1.17. The van der Waals surface area contributed by atoms with E-state index in [9.17, 15) is 0 Å². The summed E-state index contributed by atoms with van der Waals surface area (Å²) in [6.07, 6.45) is 0. The zero-order chi connectivity index (χ0) is 36.0. The molecule has 0 aliphatic heterocycles. The van der Waals surface area contributed by atoms with Gasteiger partial charge in [-0.25, -0.2) is 15.0 Å². The third-order valence-electron chi connectivity index (χ3n) is 11.3. The minimum Gasteiger partial charge on any atom is -0.247 e. The number of aromatic nitrogens is 3. The maximum absolute atomic E-state index is 5.34. The predicted molar refractivity (Wildman–Crippen MR) is 227 cm³/mol. The van der Waals surface area contributed by atoms with Gasteiger partial charge in [-0.05, 0) is 64.7 Å². The number of pyridine rings is 1. The minimum absolute atomic E-state index is 0.0576. The molecule has 254 valence electrons. The van der Waals surface area contributed by atoms with Crippen molar-refractivity contribution in [1.82, 2.24) is 15.0 Å². The summed E-state index contributed by atoms with van der Waals surface area (Å²) in [5.41, 5.74) is 13.2. The van der Waals surface area contributed by atoms with E-state index in [2.05, 4.69) is 172 Å². The van der Waals surface area contributed by atoms with E-state index in [0.29, 0.717) is 5.82 Å². The molecule has 0 amide bonds. The van der Waals surface area contributed by atoms with Crippen LogP contribution in [0.5, 0.6) is 0 Å². The van der Waals surface area contributed by atoms with Gasteiger partial charge in [-0.2, -0.15) is 0 Å². The second-order valence-corrected chi connectivity index (χ2v) is 15.9. The van der Waals surface area contributed by atoms with Crippen LogP contribution >= 0.6 is 11.3 Å². The molecule has 0 N–H and O–H groups in total. The van der Waals surface area contributed by atoms with Crippen LogP contribution in [0.4, 0.5) is 0 Å². The van der Waals surface area contributed by atoms with Gasteiger partial charge in [-0.15, -0.1) is 11.3 Å². The molecule has 3 aromatic heterocycles. The zero-order valence-corrected chi connectivity index (χ0v) is 30.7. The fraction of sp³-hybridized carbons (Fsp3) is 0.0600. The Morgan fingerprint density at radius 2 is 1.11 bits per heavy atom. The second kappa shape index (κ2) is 11.8. The van der Waals surface area contributed by atoms with Gasteiger partial charge in [0, 0.05) is 64.0 Å². The molecule has 0 unspecified atom stereocenters. The molecule has 0 spiro atoms. The molecule has 54 heavy (non-hydrogen) atoms. The fourth-order valence-corrected chi connectivity index (χ4v) is 9.74. The minimum atomic E-state index is -0.0576. The monoisotopic (exact) mass is 707 g/mol. The molecule has 0 fully saturated rings. The van der Waals surface area contributed by atoms with Crippen molar-refractivity contribution in [3.63, 3.8) is 0 Å². The molecule has 11 rings (SSSR count). The second-order valence-electron chi connectivity index (χ2n) is 14.8. The van der Waals surface area contributed by atoms with E-state index in [1.165, 1.54) is 47.8 Å². The molecule has 10 aromatic rings. The number of nitrogens with zero attached hydrogens (tertiary/aromatic N) is 3. The summed E-state index contributed by atoms with van der Waals surface area (Å²) in [5, 5.41) is 6.00. The summed E-state index contributed by atoms with van der Waals surface area (Å²) in [4.78, 5) is 15.9. The van der Waals surface area contributed by atoms with Crippen LogP contribution in [0.3, 0.4) is 0 Å². The Kier molecular flexibility index (Phi) is 6.77. The van der Waals surface area contributed by atoms with Gasteiger partial charge in [-0.3, -0.25) is 0 Å². The fourth-order valence-electron chi connectivity index (χ4n) is 8.62.